The molecular weight excluding hydrogens is 461 g/mol. The SMILES string of the molecule is Cc1c[c-]c(C)c(I)c1.[U]. The Morgan fingerprint density at radius 2 is 2.00 bits per heavy atom. The van der Waals surface area contributed by atoms with Crippen LogP contribution in [-0.4, -0.2) is 0 Å². The quantitative estimate of drug-likeness (QED) is 0.405. The molecule has 0 unspecified atom stereocenters. The predicted octanol–water partition coefficient (Wildman–Crippen LogP) is 2.71. The van der Waals surface area contributed by atoms with Gasteiger partial charge >= 0.3 is 0 Å². The van der Waals surface area contributed by atoms with Crippen molar-refractivity contribution in [3.05, 3.63) is 32.9 Å². The van der Waals surface area contributed by atoms with E-state index in [2.05, 4.69) is 48.6 Å². The van der Waals surface area contributed by atoms with Gasteiger partial charge in [0.1, 0.15) is 0 Å². The molecule has 0 saturated heterocycles. The molecule has 0 saturated carbocycles. The Labute approximate surface area is 99.3 Å². The summed E-state index contributed by atoms with van der Waals surface area (Å²) < 4.78 is 1.30. The van der Waals surface area contributed by atoms with Gasteiger partial charge in [0.2, 0.25) is 0 Å². The van der Waals surface area contributed by atoms with E-state index < -0.39 is 0 Å². The molecule has 2 heteroatoms. The van der Waals surface area contributed by atoms with Crippen LogP contribution >= 0.6 is 22.6 Å². The summed E-state index contributed by atoms with van der Waals surface area (Å²) in [6.45, 7) is 4.15. The van der Waals surface area contributed by atoms with Crippen LogP contribution in [0, 0.1) is 54.6 Å². The van der Waals surface area contributed by atoms with Gasteiger partial charge in [-0.3, -0.25) is 0 Å². The molecule has 0 amide bonds. The molecular formula is C8H8IU-. The zero-order valence-corrected chi connectivity index (χ0v) is 12.4. The average molecular weight is 469 g/mol. The van der Waals surface area contributed by atoms with E-state index in [1.165, 1.54) is 14.7 Å². The zero-order valence-electron chi connectivity index (χ0n) is 6.03. The van der Waals surface area contributed by atoms with Gasteiger partial charge in [0.25, 0.3) is 0 Å². The van der Waals surface area contributed by atoms with Crippen molar-refractivity contribution >= 4 is 22.6 Å². The molecule has 0 bridgehead atoms. The summed E-state index contributed by atoms with van der Waals surface area (Å²) in [5.41, 5.74) is 2.52. The van der Waals surface area contributed by atoms with Gasteiger partial charge in [-0.25, -0.2) is 0 Å². The Morgan fingerprint density at radius 3 is 2.40 bits per heavy atom. The summed E-state index contributed by atoms with van der Waals surface area (Å²) in [7, 11) is 0. The molecule has 0 aliphatic rings. The van der Waals surface area contributed by atoms with E-state index in [4.69, 9.17) is 0 Å². The van der Waals surface area contributed by atoms with Gasteiger partial charge in [0.15, 0.2) is 0 Å². The van der Waals surface area contributed by atoms with E-state index in [-0.39, 0.29) is 31.1 Å². The van der Waals surface area contributed by atoms with Crippen molar-refractivity contribution in [1.29, 1.82) is 0 Å². The van der Waals surface area contributed by atoms with Crippen molar-refractivity contribution in [2.24, 2.45) is 0 Å². The molecule has 0 atom stereocenters. The zero-order chi connectivity index (χ0) is 6.85. The first-order valence-electron chi connectivity index (χ1n) is 2.84. The third kappa shape index (κ3) is 2.94. The third-order valence-corrected chi connectivity index (χ3v) is 2.35. The minimum absolute atomic E-state index is 0. The molecule has 0 aromatic heterocycles. The molecule has 0 nitrogen and oxygen atoms in total. The summed E-state index contributed by atoms with van der Waals surface area (Å²) in [5.74, 6) is 0. The summed E-state index contributed by atoms with van der Waals surface area (Å²) >= 11 is 2.32. The minimum atomic E-state index is 0. The minimum Gasteiger partial charge on any atom is -0.179 e. The van der Waals surface area contributed by atoms with Crippen LogP contribution in [0.4, 0.5) is 0 Å². The summed E-state index contributed by atoms with van der Waals surface area (Å²) in [6, 6.07) is 7.33. The van der Waals surface area contributed by atoms with E-state index in [0.717, 1.165) is 0 Å². The number of hydrogen-bond donors (Lipinski definition) is 0. The Morgan fingerprint density at radius 1 is 1.40 bits per heavy atom. The first-order valence-corrected chi connectivity index (χ1v) is 3.92. The molecule has 0 spiro atoms. The molecule has 1 aromatic rings. The third-order valence-electron chi connectivity index (χ3n) is 1.23. The largest absolute Gasteiger partial charge is 0.179 e. The van der Waals surface area contributed by atoms with Crippen LogP contribution in [0.3, 0.4) is 0 Å². The monoisotopic (exact) mass is 469 g/mol. The van der Waals surface area contributed by atoms with Gasteiger partial charge in [-0.1, -0.05) is 17.4 Å². The second-order valence-electron chi connectivity index (χ2n) is 2.15. The molecule has 0 aliphatic heterocycles. The molecule has 0 N–H and O–H groups in total. The maximum absolute atomic E-state index is 3.16. The number of rotatable bonds is 0. The van der Waals surface area contributed by atoms with Gasteiger partial charge in [-0.15, -0.1) is 22.6 Å². The van der Waals surface area contributed by atoms with Crippen LogP contribution < -0.4 is 0 Å². The van der Waals surface area contributed by atoms with Crippen molar-refractivity contribution in [2.45, 2.75) is 13.8 Å². The second kappa shape index (κ2) is 4.79. The smallest absolute Gasteiger partial charge is 0 e. The molecule has 1 aromatic carbocycles. The Balaban J connectivity index is 0.000000810. The normalized spacial score (nSPS) is 8.70. The maximum Gasteiger partial charge on any atom is 0 e. The summed E-state index contributed by atoms with van der Waals surface area (Å²) in [5, 5.41) is 0. The predicted molar refractivity (Wildman–Crippen MR) is 47.5 cm³/mol. The van der Waals surface area contributed by atoms with E-state index in [0.29, 0.717) is 0 Å². The van der Waals surface area contributed by atoms with E-state index >= 15 is 0 Å². The van der Waals surface area contributed by atoms with Gasteiger partial charge in [0, 0.05) is 31.1 Å². The van der Waals surface area contributed by atoms with Gasteiger partial charge < -0.3 is 0 Å². The molecule has 0 fully saturated rings. The fraction of sp³-hybridized carbons (Fsp3) is 0.250. The molecule has 1 rings (SSSR count). The van der Waals surface area contributed by atoms with Crippen molar-refractivity contribution < 1.29 is 31.1 Å². The van der Waals surface area contributed by atoms with Gasteiger partial charge in [0.05, 0.1) is 0 Å². The molecule has 10 heavy (non-hydrogen) atoms. The van der Waals surface area contributed by atoms with Crippen molar-refractivity contribution in [3.63, 3.8) is 0 Å². The number of hydrogen-bond acceptors (Lipinski definition) is 0. The number of benzene rings is 1. The summed E-state index contributed by atoms with van der Waals surface area (Å²) in [4.78, 5) is 0. The van der Waals surface area contributed by atoms with Crippen LogP contribution in [0.15, 0.2) is 12.1 Å². The van der Waals surface area contributed by atoms with Crippen molar-refractivity contribution in [2.75, 3.05) is 0 Å². The van der Waals surface area contributed by atoms with Gasteiger partial charge in [-0.05, 0) is 0 Å². The Bertz CT molecular complexity index is 220. The fourth-order valence-corrected chi connectivity index (χ4v) is 1.29. The van der Waals surface area contributed by atoms with E-state index in [1.54, 1.807) is 0 Å². The standard InChI is InChI=1S/C8H8I.U/c1-6-3-4-7(2)8(9)5-6;/h3,5H,1-2H3;/q-1;. The fourth-order valence-electron chi connectivity index (χ4n) is 0.641. The van der Waals surface area contributed by atoms with Crippen LogP contribution in [0.5, 0.6) is 0 Å². The molecule has 0 aliphatic carbocycles. The van der Waals surface area contributed by atoms with E-state index in [1.807, 2.05) is 6.07 Å². The van der Waals surface area contributed by atoms with Crippen LogP contribution in [0.25, 0.3) is 0 Å². The molecule has 0 heterocycles. The van der Waals surface area contributed by atoms with Crippen LogP contribution in [0.1, 0.15) is 11.1 Å². The maximum atomic E-state index is 3.16. The van der Waals surface area contributed by atoms with Crippen LogP contribution in [-0.2, 0) is 0 Å². The van der Waals surface area contributed by atoms with Crippen LogP contribution in [0.2, 0.25) is 0 Å². The Kier molecular flexibility index (Phi) is 5.27. The summed E-state index contributed by atoms with van der Waals surface area (Å²) in [6.07, 6.45) is 0. The van der Waals surface area contributed by atoms with Gasteiger partial charge in [-0.2, -0.15) is 29.3 Å². The van der Waals surface area contributed by atoms with E-state index in [9.17, 15) is 0 Å². The number of halogens is 1. The molecule has 0 radical (unpaired) electrons. The van der Waals surface area contributed by atoms with Crippen molar-refractivity contribution in [1.82, 2.24) is 0 Å². The molecule has 52 valence electrons. The second-order valence-corrected chi connectivity index (χ2v) is 3.31. The first kappa shape index (κ1) is 11.0. The number of aryl methyl sites for hydroxylation is 2. The van der Waals surface area contributed by atoms with Crippen molar-refractivity contribution in [3.8, 4) is 0 Å². The Hall–Kier alpha value is 1.00. The first-order chi connectivity index (χ1) is 4.20. The average Bonchev–Trinajstić information content (AvgIpc) is 1.80. The topological polar surface area (TPSA) is 0 Å².